The van der Waals surface area contributed by atoms with Gasteiger partial charge in [0.1, 0.15) is 0 Å². The summed E-state index contributed by atoms with van der Waals surface area (Å²) in [4.78, 5) is 13.9. The number of hydrogen-bond acceptors (Lipinski definition) is 3. The van der Waals surface area contributed by atoms with E-state index in [0.717, 1.165) is 45.0 Å². The Labute approximate surface area is 104 Å². The Morgan fingerprint density at radius 3 is 2.59 bits per heavy atom. The van der Waals surface area contributed by atoms with E-state index in [1.165, 1.54) is 12.8 Å². The molecule has 1 saturated carbocycles. The SMILES string of the molecule is CCOC1CCN(C(=O)CNCC2CC2)CC1. The van der Waals surface area contributed by atoms with Gasteiger partial charge in [-0.25, -0.2) is 0 Å². The van der Waals surface area contributed by atoms with Crippen LogP contribution in [-0.4, -0.2) is 49.7 Å². The number of amides is 1. The Bertz CT molecular complexity index is 246. The molecule has 2 rings (SSSR count). The van der Waals surface area contributed by atoms with E-state index in [2.05, 4.69) is 5.32 Å². The lowest BCUT2D eigenvalue weighted by molar-refractivity contribution is -0.132. The van der Waals surface area contributed by atoms with Crippen LogP contribution in [0.2, 0.25) is 0 Å². The second kappa shape index (κ2) is 6.36. The lowest BCUT2D eigenvalue weighted by Gasteiger charge is -2.31. The first-order chi connectivity index (χ1) is 8.29. The van der Waals surface area contributed by atoms with Crippen molar-refractivity contribution < 1.29 is 9.53 Å². The molecule has 2 fully saturated rings. The topological polar surface area (TPSA) is 41.6 Å². The highest BCUT2D eigenvalue weighted by molar-refractivity contribution is 5.78. The molecule has 1 N–H and O–H groups in total. The Hall–Kier alpha value is -0.610. The van der Waals surface area contributed by atoms with Crippen molar-refractivity contribution in [1.29, 1.82) is 0 Å². The lowest BCUT2D eigenvalue weighted by atomic mass is 10.1. The maximum Gasteiger partial charge on any atom is 0.236 e. The Balaban J connectivity index is 1.59. The number of carbonyl (C=O) groups is 1. The van der Waals surface area contributed by atoms with Crippen LogP contribution in [0.4, 0.5) is 0 Å². The first kappa shape index (κ1) is 12.8. The average Bonchev–Trinajstić information content (AvgIpc) is 3.14. The van der Waals surface area contributed by atoms with E-state index >= 15 is 0 Å². The largest absolute Gasteiger partial charge is 0.378 e. The smallest absolute Gasteiger partial charge is 0.236 e. The zero-order valence-corrected chi connectivity index (χ0v) is 10.8. The van der Waals surface area contributed by atoms with Crippen LogP contribution < -0.4 is 5.32 Å². The first-order valence-corrected chi connectivity index (χ1v) is 6.89. The Kier molecular flexibility index (Phi) is 4.80. The molecule has 0 aromatic rings. The standard InChI is InChI=1S/C13H24N2O2/c1-2-17-12-5-7-15(8-6-12)13(16)10-14-9-11-3-4-11/h11-12,14H,2-10H2,1H3. The molecule has 4 heteroatoms. The highest BCUT2D eigenvalue weighted by Crippen LogP contribution is 2.27. The van der Waals surface area contributed by atoms with Gasteiger partial charge in [0.05, 0.1) is 12.6 Å². The van der Waals surface area contributed by atoms with Crippen LogP contribution in [0.1, 0.15) is 32.6 Å². The molecule has 0 spiro atoms. The van der Waals surface area contributed by atoms with Gasteiger partial charge in [0.25, 0.3) is 0 Å². The molecule has 0 aromatic carbocycles. The quantitative estimate of drug-likeness (QED) is 0.753. The highest BCUT2D eigenvalue weighted by atomic mass is 16.5. The van der Waals surface area contributed by atoms with Gasteiger partial charge in [-0.15, -0.1) is 0 Å². The van der Waals surface area contributed by atoms with Crippen molar-refractivity contribution in [3.8, 4) is 0 Å². The third-order valence-electron chi connectivity index (χ3n) is 3.60. The van der Waals surface area contributed by atoms with Gasteiger partial charge in [0, 0.05) is 19.7 Å². The fourth-order valence-corrected chi connectivity index (χ4v) is 2.32. The van der Waals surface area contributed by atoms with Gasteiger partial charge in [-0.2, -0.15) is 0 Å². The molecule has 0 bridgehead atoms. The van der Waals surface area contributed by atoms with Gasteiger partial charge in [-0.3, -0.25) is 4.79 Å². The average molecular weight is 240 g/mol. The number of ether oxygens (including phenoxy) is 1. The Morgan fingerprint density at radius 1 is 1.29 bits per heavy atom. The van der Waals surface area contributed by atoms with Crippen LogP contribution in [0.25, 0.3) is 0 Å². The molecule has 1 heterocycles. The second-order valence-corrected chi connectivity index (χ2v) is 5.11. The number of hydrogen-bond donors (Lipinski definition) is 1. The van der Waals surface area contributed by atoms with E-state index in [9.17, 15) is 4.79 Å². The minimum atomic E-state index is 0.251. The summed E-state index contributed by atoms with van der Waals surface area (Å²) in [6, 6.07) is 0. The van der Waals surface area contributed by atoms with Crippen molar-refractivity contribution in [2.45, 2.75) is 38.7 Å². The maximum atomic E-state index is 11.9. The number of piperidine rings is 1. The van der Waals surface area contributed by atoms with Crippen LogP contribution >= 0.6 is 0 Å². The lowest BCUT2D eigenvalue weighted by Crippen LogP contribution is -2.44. The summed E-state index contributed by atoms with van der Waals surface area (Å²) in [6.45, 7) is 6.04. The maximum absolute atomic E-state index is 11.9. The number of nitrogens with zero attached hydrogens (tertiary/aromatic N) is 1. The number of rotatable bonds is 6. The van der Waals surface area contributed by atoms with Gasteiger partial charge < -0.3 is 15.0 Å². The summed E-state index contributed by atoms with van der Waals surface area (Å²) < 4.78 is 5.58. The summed E-state index contributed by atoms with van der Waals surface area (Å²) in [5, 5.41) is 3.26. The van der Waals surface area contributed by atoms with Crippen LogP contribution in [0.3, 0.4) is 0 Å². The molecule has 17 heavy (non-hydrogen) atoms. The molecule has 0 unspecified atom stereocenters. The molecule has 98 valence electrons. The van der Waals surface area contributed by atoms with E-state index in [-0.39, 0.29) is 5.91 Å². The summed E-state index contributed by atoms with van der Waals surface area (Å²) in [5.41, 5.74) is 0. The van der Waals surface area contributed by atoms with Crippen LogP contribution in [-0.2, 0) is 9.53 Å². The third-order valence-corrected chi connectivity index (χ3v) is 3.60. The van der Waals surface area contributed by atoms with Crippen molar-refractivity contribution in [3.63, 3.8) is 0 Å². The zero-order chi connectivity index (χ0) is 12.1. The molecular weight excluding hydrogens is 216 g/mol. The summed E-state index contributed by atoms with van der Waals surface area (Å²) in [7, 11) is 0. The highest BCUT2D eigenvalue weighted by Gasteiger charge is 2.24. The first-order valence-electron chi connectivity index (χ1n) is 6.89. The monoisotopic (exact) mass is 240 g/mol. The summed E-state index contributed by atoms with van der Waals surface area (Å²) in [5.74, 6) is 1.09. The molecular formula is C13H24N2O2. The molecule has 2 aliphatic rings. The van der Waals surface area contributed by atoms with Crippen LogP contribution in [0.15, 0.2) is 0 Å². The molecule has 0 aromatic heterocycles. The zero-order valence-electron chi connectivity index (χ0n) is 10.8. The van der Waals surface area contributed by atoms with Crippen molar-refractivity contribution in [2.75, 3.05) is 32.8 Å². The molecule has 0 radical (unpaired) electrons. The van der Waals surface area contributed by atoms with Gasteiger partial charge in [-0.1, -0.05) is 0 Å². The fourth-order valence-electron chi connectivity index (χ4n) is 2.32. The van der Waals surface area contributed by atoms with Gasteiger partial charge in [0.15, 0.2) is 0 Å². The molecule has 1 amide bonds. The van der Waals surface area contributed by atoms with E-state index in [1.54, 1.807) is 0 Å². The second-order valence-electron chi connectivity index (χ2n) is 5.11. The van der Waals surface area contributed by atoms with Crippen LogP contribution in [0.5, 0.6) is 0 Å². The summed E-state index contributed by atoms with van der Waals surface area (Å²) >= 11 is 0. The number of carbonyl (C=O) groups excluding carboxylic acids is 1. The van der Waals surface area contributed by atoms with Crippen LogP contribution in [0, 0.1) is 5.92 Å². The minimum absolute atomic E-state index is 0.251. The molecule has 1 saturated heterocycles. The number of likely N-dealkylation sites (tertiary alicyclic amines) is 1. The van der Waals surface area contributed by atoms with E-state index in [4.69, 9.17) is 4.74 Å². The van der Waals surface area contributed by atoms with E-state index in [0.29, 0.717) is 12.6 Å². The number of nitrogens with one attached hydrogen (secondary N) is 1. The van der Waals surface area contributed by atoms with Crippen molar-refractivity contribution >= 4 is 5.91 Å². The van der Waals surface area contributed by atoms with Gasteiger partial charge >= 0.3 is 0 Å². The van der Waals surface area contributed by atoms with Gasteiger partial charge in [-0.05, 0) is 45.1 Å². The molecule has 0 atom stereocenters. The normalized spacial score (nSPS) is 21.8. The molecule has 1 aliphatic heterocycles. The van der Waals surface area contributed by atoms with E-state index in [1.807, 2.05) is 11.8 Å². The summed E-state index contributed by atoms with van der Waals surface area (Å²) in [6.07, 6.45) is 5.01. The van der Waals surface area contributed by atoms with E-state index < -0.39 is 0 Å². The minimum Gasteiger partial charge on any atom is -0.378 e. The third kappa shape index (κ3) is 4.28. The molecule has 4 nitrogen and oxygen atoms in total. The van der Waals surface area contributed by atoms with Crippen molar-refractivity contribution in [3.05, 3.63) is 0 Å². The Morgan fingerprint density at radius 2 is 2.00 bits per heavy atom. The predicted octanol–water partition coefficient (Wildman–Crippen LogP) is 1.01. The van der Waals surface area contributed by atoms with Gasteiger partial charge in [0.2, 0.25) is 5.91 Å². The van der Waals surface area contributed by atoms with Crippen molar-refractivity contribution in [2.24, 2.45) is 5.92 Å². The predicted molar refractivity (Wildman–Crippen MR) is 66.8 cm³/mol. The molecule has 1 aliphatic carbocycles. The van der Waals surface area contributed by atoms with Crippen molar-refractivity contribution in [1.82, 2.24) is 10.2 Å². The fraction of sp³-hybridized carbons (Fsp3) is 0.923.